The minimum absolute atomic E-state index is 0.0444. The van der Waals surface area contributed by atoms with Crippen LogP contribution in [-0.2, 0) is 14.8 Å². The summed E-state index contributed by atoms with van der Waals surface area (Å²) in [6, 6.07) is 12.8. The van der Waals surface area contributed by atoms with E-state index in [1.165, 1.54) is 54.7 Å². The van der Waals surface area contributed by atoms with E-state index in [1.54, 1.807) is 18.3 Å². The van der Waals surface area contributed by atoms with Crippen molar-refractivity contribution in [2.45, 2.75) is 10.9 Å². The van der Waals surface area contributed by atoms with E-state index < -0.39 is 27.9 Å². The van der Waals surface area contributed by atoms with Gasteiger partial charge in [-0.05, 0) is 60.7 Å². The lowest BCUT2D eigenvalue weighted by molar-refractivity contribution is -0.118. The molecule has 0 spiro atoms. The highest BCUT2D eigenvalue weighted by atomic mass is 35.5. The van der Waals surface area contributed by atoms with E-state index in [4.69, 9.17) is 21.4 Å². The third-order valence-electron chi connectivity index (χ3n) is 4.19. The van der Waals surface area contributed by atoms with Crippen LogP contribution in [0.2, 0.25) is 5.02 Å². The molecular weight excluding hydrogens is 458 g/mol. The van der Waals surface area contributed by atoms with E-state index >= 15 is 0 Å². The molecule has 9 nitrogen and oxygen atoms in total. The van der Waals surface area contributed by atoms with Crippen LogP contribution in [0.4, 0.5) is 5.69 Å². The molecule has 0 saturated heterocycles. The van der Waals surface area contributed by atoms with Gasteiger partial charge in [0.1, 0.15) is 18.4 Å². The van der Waals surface area contributed by atoms with Crippen LogP contribution in [0.1, 0.15) is 10.4 Å². The number of nitrogens with one attached hydrogen (secondary N) is 2. The molecule has 166 valence electrons. The van der Waals surface area contributed by atoms with Gasteiger partial charge >= 0.3 is 5.97 Å². The summed E-state index contributed by atoms with van der Waals surface area (Å²) in [7, 11) is -4.08. The van der Waals surface area contributed by atoms with Crippen LogP contribution in [0, 0.1) is 0 Å². The zero-order chi connectivity index (χ0) is 23.1. The minimum atomic E-state index is -4.08. The molecule has 2 aromatic carbocycles. The molecule has 1 heterocycles. The van der Waals surface area contributed by atoms with Crippen LogP contribution in [0.15, 0.2) is 78.0 Å². The lowest BCUT2D eigenvalue weighted by atomic mass is 10.2. The molecule has 32 heavy (non-hydrogen) atoms. The Kier molecular flexibility index (Phi) is 7.41. The smallest absolute Gasteiger partial charge is 0.335 e. The van der Waals surface area contributed by atoms with Gasteiger partial charge in [-0.15, -0.1) is 0 Å². The van der Waals surface area contributed by atoms with Gasteiger partial charge in [0, 0.05) is 16.9 Å². The molecule has 0 aliphatic heterocycles. The van der Waals surface area contributed by atoms with Crippen molar-refractivity contribution in [2.75, 3.05) is 11.9 Å². The van der Waals surface area contributed by atoms with Gasteiger partial charge in [-0.1, -0.05) is 11.6 Å². The molecule has 0 bridgehead atoms. The number of ether oxygens (including phenoxy) is 1. The standard InChI is InChI=1S/C21H18ClN3O6S/c22-15-5-9-18(10-6-15)32(29,30)25-19(13-31-17-2-1-11-23-12-17)20(26)24-16-7-3-14(4-8-16)21(27)28/h1-12,19,25H,13H2,(H,24,26)(H,27,28)/t19-/m0/s1. The van der Waals surface area contributed by atoms with Crippen molar-refractivity contribution in [1.82, 2.24) is 9.71 Å². The highest BCUT2D eigenvalue weighted by Crippen LogP contribution is 2.16. The third kappa shape index (κ3) is 6.27. The molecule has 11 heteroatoms. The number of hydrogen-bond donors (Lipinski definition) is 3. The monoisotopic (exact) mass is 475 g/mol. The first-order chi connectivity index (χ1) is 15.2. The van der Waals surface area contributed by atoms with E-state index in [2.05, 4.69) is 15.0 Å². The molecular formula is C21H18ClN3O6S. The molecule has 3 N–H and O–H groups in total. The number of sulfonamides is 1. The lowest BCUT2D eigenvalue weighted by Crippen LogP contribution is -2.47. The van der Waals surface area contributed by atoms with Gasteiger partial charge in [-0.25, -0.2) is 13.2 Å². The molecule has 1 amide bonds. The Morgan fingerprint density at radius 1 is 1.06 bits per heavy atom. The number of hydrogen-bond acceptors (Lipinski definition) is 6. The number of nitrogens with zero attached hydrogens (tertiary/aromatic N) is 1. The Balaban J connectivity index is 1.79. The SMILES string of the molecule is O=C(O)c1ccc(NC(=O)[C@H](COc2cccnc2)NS(=O)(=O)c2ccc(Cl)cc2)cc1. The second kappa shape index (κ2) is 10.2. The maximum Gasteiger partial charge on any atom is 0.335 e. The van der Waals surface area contributed by atoms with Crippen molar-refractivity contribution in [3.63, 3.8) is 0 Å². The Bertz CT molecular complexity index is 1190. The number of carboxylic acids is 1. The van der Waals surface area contributed by atoms with Gasteiger partial charge < -0.3 is 15.2 Å². The average Bonchev–Trinajstić information content (AvgIpc) is 2.78. The number of amides is 1. The van der Waals surface area contributed by atoms with E-state index in [0.717, 1.165) is 0 Å². The fourth-order valence-corrected chi connectivity index (χ4v) is 3.88. The zero-order valence-corrected chi connectivity index (χ0v) is 18.0. The number of halogens is 1. The van der Waals surface area contributed by atoms with Gasteiger partial charge in [0.2, 0.25) is 15.9 Å². The molecule has 0 aliphatic rings. The molecule has 1 atom stereocenters. The third-order valence-corrected chi connectivity index (χ3v) is 5.93. The largest absolute Gasteiger partial charge is 0.490 e. The Morgan fingerprint density at radius 2 is 1.75 bits per heavy atom. The second-order valence-corrected chi connectivity index (χ2v) is 8.65. The van der Waals surface area contributed by atoms with Crippen molar-refractivity contribution in [3.05, 3.63) is 83.6 Å². The predicted molar refractivity (Wildman–Crippen MR) is 117 cm³/mol. The summed E-state index contributed by atoms with van der Waals surface area (Å²) in [5.41, 5.74) is 0.333. The van der Waals surface area contributed by atoms with Gasteiger partial charge in [0.15, 0.2) is 0 Å². The zero-order valence-electron chi connectivity index (χ0n) is 16.4. The van der Waals surface area contributed by atoms with Gasteiger partial charge in [-0.3, -0.25) is 9.78 Å². The van der Waals surface area contributed by atoms with E-state index in [9.17, 15) is 18.0 Å². The number of pyridine rings is 1. The molecule has 0 aliphatic carbocycles. The first kappa shape index (κ1) is 23.2. The number of aromatic nitrogens is 1. The van der Waals surface area contributed by atoms with E-state index in [0.29, 0.717) is 10.8 Å². The summed E-state index contributed by atoms with van der Waals surface area (Å²) < 4.78 is 33.4. The molecule has 0 saturated carbocycles. The van der Waals surface area contributed by atoms with Gasteiger partial charge in [0.05, 0.1) is 16.7 Å². The van der Waals surface area contributed by atoms with E-state index in [1.807, 2.05) is 0 Å². The van der Waals surface area contributed by atoms with Crippen molar-refractivity contribution < 1.29 is 27.9 Å². The average molecular weight is 476 g/mol. The second-order valence-electron chi connectivity index (χ2n) is 6.50. The highest BCUT2D eigenvalue weighted by Gasteiger charge is 2.27. The first-order valence-electron chi connectivity index (χ1n) is 9.19. The van der Waals surface area contributed by atoms with E-state index in [-0.39, 0.29) is 22.8 Å². The quantitative estimate of drug-likeness (QED) is 0.433. The topological polar surface area (TPSA) is 135 Å². The number of anilines is 1. The number of carbonyl (C=O) groups is 2. The predicted octanol–water partition coefficient (Wildman–Crippen LogP) is 2.80. The minimum Gasteiger partial charge on any atom is -0.490 e. The number of rotatable bonds is 9. The Morgan fingerprint density at radius 3 is 2.34 bits per heavy atom. The van der Waals surface area contributed by atoms with Crippen LogP contribution >= 0.6 is 11.6 Å². The highest BCUT2D eigenvalue weighted by molar-refractivity contribution is 7.89. The summed E-state index contributed by atoms with van der Waals surface area (Å²) in [4.78, 5) is 27.7. The van der Waals surface area contributed by atoms with Crippen LogP contribution < -0.4 is 14.8 Å². The van der Waals surface area contributed by atoms with Crippen LogP contribution in [0.25, 0.3) is 0 Å². The summed E-state index contributed by atoms with van der Waals surface area (Å²) in [6.07, 6.45) is 2.97. The van der Waals surface area contributed by atoms with Gasteiger partial charge in [-0.2, -0.15) is 4.72 Å². The summed E-state index contributed by atoms with van der Waals surface area (Å²) in [5, 5.41) is 11.9. The van der Waals surface area contributed by atoms with Crippen LogP contribution in [0.5, 0.6) is 5.75 Å². The molecule has 1 aromatic heterocycles. The van der Waals surface area contributed by atoms with Crippen LogP contribution in [0.3, 0.4) is 0 Å². The maximum absolute atomic E-state index is 12.8. The Hall–Kier alpha value is -3.47. The lowest BCUT2D eigenvalue weighted by Gasteiger charge is -2.19. The molecule has 0 unspecified atom stereocenters. The first-order valence-corrected chi connectivity index (χ1v) is 11.1. The maximum atomic E-state index is 12.8. The molecule has 3 aromatic rings. The van der Waals surface area contributed by atoms with Crippen molar-refractivity contribution in [3.8, 4) is 5.75 Å². The van der Waals surface area contributed by atoms with Crippen LogP contribution in [-0.4, -0.2) is 43.0 Å². The fraction of sp³-hybridized carbons (Fsp3) is 0.0952. The summed E-state index contributed by atoms with van der Waals surface area (Å²) >= 11 is 5.81. The molecule has 3 rings (SSSR count). The van der Waals surface area contributed by atoms with Crippen molar-refractivity contribution in [1.29, 1.82) is 0 Å². The number of carboxylic acid groups (broad SMARTS) is 1. The number of carbonyl (C=O) groups excluding carboxylic acids is 1. The van der Waals surface area contributed by atoms with Crippen molar-refractivity contribution in [2.24, 2.45) is 0 Å². The van der Waals surface area contributed by atoms with Gasteiger partial charge in [0.25, 0.3) is 0 Å². The summed E-state index contributed by atoms with van der Waals surface area (Å²) in [6.45, 7) is -0.322. The molecule has 0 radical (unpaired) electrons. The molecule has 0 fully saturated rings. The van der Waals surface area contributed by atoms with Crippen molar-refractivity contribution >= 4 is 39.2 Å². The number of benzene rings is 2. The normalized spacial score (nSPS) is 12.0. The Labute approximate surface area is 189 Å². The fourth-order valence-electron chi connectivity index (χ4n) is 2.57. The summed E-state index contributed by atoms with van der Waals surface area (Å²) in [5.74, 6) is -1.46. The number of aromatic carboxylic acids is 1.